The molecule has 1 N–H and O–H groups in total. The molecule has 0 bridgehead atoms. The highest BCUT2D eigenvalue weighted by Gasteiger charge is 2.39. The van der Waals surface area contributed by atoms with Crippen LogP contribution in [0.3, 0.4) is 0 Å². The Balaban J connectivity index is 2.67. The quantitative estimate of drug-likeness (QED) is 0.757. The summed E-state index contributed by atoms with van der Waals surface area (Å²) in [5, 5.41) is 3.35. The molecule has 1 atom stereocenters. The van der Waals surface area contributed by atoms with Gasteiger partial charge >= 0.3 is 0 Å². The number of carbonyl (C=O) groups is 1. The summed E-state index contributed by atoms with van der Waals surface area (Å²) in [5.41, 5.74) is -0.000162. The molecular formula is C13H25NO. The van der Waals surface area contributed by atoms with Crippen LogP contribution in [0.4, 0.5) is 0 Å². The molecule has 0 aromatic rings. The van der Waals surface area contributed by atoms with Gasteiger partial charge < -0.3 is 5.32 Å². The van der Waals surface area contributed by atoms with Crippen LogP contribution in [-0.4, -0.2) is 18.9 Å². The van der Waals surface area contributed by atoms with E-state index in [0.717, 1.165) is 45.2 Å². The van der Waals surface area contributed by atoms with Crippen LogP contribution in [-0.2, 0) is 4.79 Å². The van der Waals surface area contributed by atoms with E-state index in [2.05, 4.69) is 26.1 Å². The zero-order valence-electron chi connectivity index (χ0n) is 10.4. The van der Waals surface area contributed by atoms with Crippen LogP contribution in [0.25, 0.3) is 0 Å². The topological polar surface area (TPSA) is 29.1 Å². The van der Waals surface area contributed by atoms with E-state index in [1.165, 1.54) is 0 Å². The fourth-order valence-electron chi connectivity index (χ4n) is 2.77. The van der Waals surface area contributed by atoms with Gasteiger partial charge in [-0.3, -0.25) is 4.79 Å². The first-order chi connectivity index (χ1) is 7.16. The lowest BCUT2D eigenvalue weighted by molar-refractivity contribution is -0.134. The van der Waals surface area contributed by atoms with Gasteiger partial charge in [0.2, 0.25) is 0 Å². The van der Waals surface area contributed by atoms with Crippen molar-refractivity contribution in [3.05, 3.63) is 0 Å². The summed E-state index contributed by atoms with van der Waals surface area (Å²) in [4.78, 5) is 12.4. The molecule has 1 heterocycles. The molecule has 2 nitrogen and oxygen atoms in total. The summed E-state index contributed by atoms with van der Waals surface area (Å²) in [5.74, 6) is 0.779. The number of hydrogen-bond acceptors (Lipinski definition) is 2. The molecule has 0 saturated carbocycles. The summed E-state index contributed by atoms with van der Waals surface area (Å²) in [6.07, 6.45) is 5.26. The van der Waals surface area contributed by atoms with Crippen LogP contribution in [0.2, 0.25) is 0 Å². The molecule has 0 aliphatic carbocycles. The third-order valence-electron chi connectivity index (χ3n) is 3.93. The first-order valence-electron chi connectivity index (χ1n) is 6.41. The number of rotatable bonds is 5. The smallest absolute Gasteiger partial charge is 0.141 e. The van der Waals surface area contributed by atoms with Crippen molar-refractivity contribution in [2.45, 2.75) is 52.9 Å². The van der Waals surface area contributed by atoms with Crippen molar-refractivity contribution in [3.8, 4) is 0 Å². The van der Waals surface area contributed by atoms with Crippen LogP contribution < -0.4 is 5.32 Å². The normalized spacial score (nSPS) is 22.3. The van der Waals surface area contributed by atoms with Crippen molar-refractivity contribution >= 4 is 5.78 Å². The van der Waals surface area contributed by atoms with Crippen LogP contribution in [0.5, 0.6) is 0 Å². The van der Waals surface area contributed by atoms with Gasteiger partial charge in [0.15, 0.2) is 0 Å². The lowest BCUT2D eigenvalue weighted by Gasteiger charge is -2.37. The molecule has 1 rings (SSSR count). The molecule has 1 aliphatic heterocycles. The highest BCUT2D eigenvalue weighted by Crippen LogP contribution is 2.36. The van der Waals surface area contributed by atoms with E-state index in [-0.39, 0.29) is 11.3 Å². The summed E-state index contributed by atoms with van der Waals surface area (Å²) < 4.78 is 0. The number of piperidine rings is 1. The van der Waals surface area contributed by atoms with Crippen molar-refractivity contribution in [2.75, 3.05) is 13.1 Å². The molecule has 0 spiro atoms. The van der Waals surface area contributed by atoms with Crippen molar-refractivity contribution in [3.63, 3.8) is 0 Å². The standard InChI is InChI=1S/C13H25NO/c1-4-6-11(3)12(15)13(5-2)7-9-14-10-8-13/h11,14H,4-10H2,1-3H3. The van der Waals surface area contributed by atoms with Crippen LogP contribution in [0.1, 0.15) is 52.9 Å². The highest BCUT2D eigenvalue weighted by atomic mass is 16.1. The summed E-state index contributed by atoms with van der Waals surface area (Å²) in [7, 11) is 0. The fourth-order valence-corrected chi connectivity index (χ4v) is 2.77. The number of Topliss-reactive ketones (excluding diaryl/α,β-unsaturated/α-hetero) is 1. The molecule has 0 aromatic heterocycles. The third-order valence-corrected chi connectivity index (χ3v) is 3.93. The maximum Gasteiger partial charge on any atom is 0.141 e. The Morgan fingerprint density at radius 2 is 1.93 bits per heavy atom. The monoisotopic (exact) mass is 211 g/mol. The van der Waals surface area contributed by atoms with Crippen LogP contribution in [0, 0.1) is 11.3 Å². The van der Waals surface area contributed by atoms with Gasteiger partial charge in [0.1, 0.15) is 5.78 Å². The van der Waals surface area contributed by atoms with E-state index < -0.39 is 0 Å². The Morgan fingerprint density at radius 1 is 1.33 bits per heavy atom. The van der Waals surface area contributed by atoms with Gasteiger partial charge in [0.05, 0.1) is 0 Å². The van der Waals surface area contributed by atoms with E-state index in [4.69, 9.17) is 0 Å². The minimum Gasteiger partial charge on any atom is -0.317 e. The predicted molar refractivity (Wildman–Crippen MR) is 63.9 cm³/mol. The van der Waals surface area contributed by atoms with E-state index in [0.29, 0.717) is 5.78 Å². The van der Waals surface area contributed by atoms with Crippen molar-refractivity contribution < 1.29 is 4.79 Å². The van der Waals surface area contributed by atoms with Gasteiger partial charge in [0.25, 0.3) is 0 Å². The molecule has 1 saturated heterocycles. The molecule has 2 heteroatoms. The Bertz CT molecular complexity index is 207. The average Bonchev–Trinajstić information content (AvgIpc) is 2.29. The molecule has 0 radical (unpaired) electrons. The van der Waals surface area contributed by atoms with E-state index in [9.17, 15) is 4.79 Å². The molecule has 15 heavy (non-hydrogen) atoms. The Hall–Kier alpha value is -0.370. The molecule has 1 unspecified atom stereocenters. The Labute approximate surface area is 93.8 Å². The van der Waals surface area contributed by atoms with Gasteiger partial charge in [0, 0.05) is 11.3 Å². The molecule has 0 amide bonds. The maximum absolute atomic E-state index is 12.4. The SMILES string of the molecule is CCCC(C)C(=O)C1(CC)CCNCC1. The zero-order chi connectivity index (χ0) is 11.3. The molecule has 0 aromatic carbocycles. The maximum atomic E-state index is 12.4. The molecule has 88 valence electrons. The van der Waals surface area contributed by atoms with E-state index in [1.807, 2.05) is 0 Å². The highest BCUT2D eigenvalue weighted by molar-refractivity contribution is 5.86. The number of hydrogen-bond donors (Lipinski definition) is 1. The minimum absolute atomic E-state index is 0.000162. The fraction of sp³-hybridized carbons (Fsp3) is 0.923. The van der Waals surface area contributed by atoms with Gasteiger partial charge in [-0.2, -0.15) is 0 Å². The van der Waals surface area contributed by atoms with Gasteiger partial charge in [-0.25, -0.2) is 0 Å². The molecular weight excluding hydrogens is 186 g/mol. The van der Waals surface area contributed by atoms with Crippen LogP contribution >= 0.6 is 0 Å². The first-order valence-corrected chi connectivity index (χ1v) is 6.41. The summed E-state index contributed by atoms with van der Waals surface area (Å²) in [6.45, 7) is 8.45. The number of ketones is 1. The van der Waals surface area contributed by atoms with Gasteiger partial charge in [-0.1, -0.05) is 27.2 Å². The third kappa shape index (κ3) is 2.81. The van der Waals surface area contributed by atoms with Crippen LogP contribution in [0.15, 0.2) is 0 Å². The number of carbonyl (C=O) groups excluding carboxylic acids is 1. The average molecular weight is 211 g/mol. The van der Waals surface area contributed by atoms with E-state index >= 15 is 0 Å². The minimum atomic E-state index is -0.000162. The van der Waals surface area contributed by atoms with E-state index in [1.54, 1.807) is 0 Å². The van der Waals surface area contributed by atoms with Crippen molar-refractivity contribution in [1.29, 1.82) is 0 Å². The number of nitrogens with one attached hydrogen (secondary N) is 1. The molecule has 1 aliphatic rings. The molecule has 1 fully saturated rings. The lowest BCUT2D eigenvalue weighted by Crippen LogP contribution is -2.43. The Morgan fingerprint density at radius 3 is 2.40 bits per heavy atom. The lowest BCUT2D eigenvalue weighted by atomic mass is 9.69. The van der Waals surface area contributed by atoms with Crippen molar-refractivity contribution in [1.82, 2.24) is 5.32 Å². The van der Waals surface area contributed by atoms with Crippen molar-refractivity contribution in [2.24, 2.45) is 11.3 Å². The summed E-state index contributed by atoms with van der Waals surface area (Å²) >= 11 is 0. The van der Waals surface area contributed by atoms with Gasteiger partial charge in [-0.05, 0) is 38.8 Å². The zero-order valence-corrected chi connectivity index (χ0v) is 10.4. The second kappa shape index (κ2) is 5.64. The largest absolute Gasteiger partial charge is 0.317 e. The van der Waals surface area contributed by atoms with Gasteiger partial charge in [-0.15, -0.1) is 0 Å². The summed E-state index contributed by atoms with van der Waals surface area (Å²) in [6, 6.07) is 0. The first kappa shape index (κ1) is 12.7. The second-order valence-corrected chi connectivity index (χ2v) is 4.94. The Kier molecular flexibility index (Phi) is 4.78. The predicted octanol–water partition coefficient (Wildman–Crippen LogP) is 2.77. The second-order valence-electron chi connectivity index (χ2n) is 4.94.